The van der Waals surface area contributed by atoms with Crippen LogP contribution in [0.3, 0.4) is 0 Å². The molecular weight excluding hydrogens is 252 g/mol. The lowest BCUT2D eigenvalue weighted by atomic mass is 10.1. The van der Waals surface area contributed by atoms with E-state index in [-0.39, 0.29) is 16.6 Å². The van der Waals surface area contributed by atoms with Gasteiger partial charge in [-0.05, 0) is 26.0 Å². The fourth-order valence-corrected chi connectivity index (χ4v) is 2.04. The van der Waals surface area contributed by atoms with Crippen LogP contribution in [0.25, 0.3) is 0 Å². The molecule has 0 spiro atoms. The van der Waals surface area contributed by atoms with Crippen molar-refractivity contribution in [3.63, 3.8) is 0 Å². The Morgan fingerprint density at radius 3 is 2.72 bits per heavy atom. The van der Waals surface area contributed by atoms with E-state index in [1.807, 2.05) is 18.7 Å². The number of carboxylic acids is 1. The van der Waals surface area contributed by atoms with E-state index < -0.39 is 5.97 Å². The minimum Gasteiger partial charge on any atom is -0.478 e. The number of halogens is 1. The first-order chi connectivity index (χ1) is 8.49. The highest BCUT2D eigenvalue weighted by Gasteiger charge is 2.20. The number of benzene rings is 1. The van der Waals surface area contributed by atoms with Crippen molar-refractivity contribution in [3.05, 3.63) is 28.8 Å². The summed E-state index contributed by atoms with van der Waals surface area (Å²) in [4.78, 5) is 13.1. The van der Waals surface area contributed by atoms with Gasteiger partial charge in [0, 0.05) is 12.6 Å². The third-order valence-corrected chi connectivity index (χ3v) is 2.92. The zero-order valence-corrected chi connectivity index (χ0v) is 11.1. The largest absolute Gasteiger partial charge is 0.478 e. The molecule has 0 saturated carbocycles. The summed E-state index contributed by atoms with van der Waals surface area (Å²) in [7, 11) is 0. The van der Waals surface area contributed by atoms with Crippen LogP contribution in [0.5, 0.6) is 0 Å². The molecule has 0 aromatic heterocycles. The van der Waals surface area contributed by atoms with E-state index in [9.17, 15) is 9.90 Å². The van der Waals surface area contributed by atoms with Crippen molar-refractivity contribution < 1.29 is 9.90 Å². The molecule has 0 bridgehead atoms. The Hall–Kier alpha value is -1.73. The van der Waals surface area contributed by atoms with Crippen LogP contribution in [-0.4, -0.2) is 23.7 Å². The predicted molar refractivity (Wildman–Crippen MR) is 71.1 cm³/mol. The van der Waals surface area contributed by atoms with Crippen molar-refractivity contribution in [2.24, 2.45) is 0 Å². The van der Waals surface area contributed by atoms with Gasteiger partial charge in [0.25, 0.3) is 0 Å². The zero-order valence-electron chi connectivity index (χ0n) is 10.4. The van der Waals surface area contributed by atoms with Crippen LogP contribution in [0.15, 0.2) is 18.2 Å². The summed E-state index contributed by atoms with van der Waals surface area (Å²) in [5.74, 6) is -1.06. The van der Waals surface area contributed by atoms with Gasteiger partial charge in [-0.15, -0.1) is 0 Å². The van der Waals surface area contributed by atoms with Crippen molar-refractivity contribution in [3.8, 4) is 6.07 Å². The van der Waals surface area contributed by atoms with Gasteiger partial charge in [0.05, 0.1) is 23.2 Å². The number of hydrogen-bond donors (Lipinski definition) is 1. The van der Waals surface area contributed by atoms with Crippen molar-refractivity contribution >= 4 is 23.3 Å². The maximum Gasteiger partial charge on any atom is 0.339 e. The molecule has 1 aromatic carbocycles. The second-order valence-corrected chi connectivity index (χ2v) is 4.54. The van der Waals surface area contributed by atoms with Crippen LogP contribution in [0.2, 0.25) is 5.02 Å². The summed E-state index contributed by atoms with van der Waals surface area (Å²) < 4.78 is 0. The standard InChI is InChI=1S/C13H15ClN2O2/c1-9(2)16(8-4-7-15)11-6-3-5-10(14)12(11)13(17)18/h3,5-6,9H,4,8H2,1-2H3,(H,17,18). The lowest BCUT2D eigenvalue weighted by Gasteiger charge is -2.29. The van der Waals surface area contributed by atoms with Crippen molar-refractivity contribution in [2.75, 3.05) is 11.4 Å². The summed E-state index contributed by atoms with van der Waals surface area (Å²) in [5.41, 5.74) is 0.644. The number of hydrogen-bond acceptors (Lipinski definition) is 3. The molecule has 0 fully saturated rings. The topological polar surface area (TPSA) is 64.3 Å². The first-order valence-corrected chi connectivity index (χ1v) is 6.02. The molecule has 0 unspecified atom stereocenters. The highest BCUT2D eigenvalue weighted by atomic mass is 35.5. The Bertz CT molecular complexity index is 480. The molecule has 0 radical (unpaired) electrons. The zero-order chi connectivity index (χ0) is 13.7. The van der Waals surface area contributed by atoms with Crippen molar-refractivity contribution in [1.82, 2.24) is 0 Å². The summed E-state index contributed by atoms with van der Waals surface area (Å²) in [6.45, 7) is 4.38. The lowest BCUT2D eigenvalue weighted by Crippen LogP contribution is -2.33. The molecule has 0 aliphatic heterocycles. The summed E-state index contributed by atoms with van der Waals surface area (Å²) in [5, 5.41) is 18.1. The molecule has 0 aliphatic rings. The van der Waals surface area contributed by atoms with Gasteiger partial charge in [0.15, 0.2) is 0 Å². The number of anilines is 1. The molecule has 0 amide bonds. The van der Waals surface area contributed by atoms with E-state index in [1.165, 1.54) is 0 Å². The first-order valence-electron chi connectivity index (χ1n) is 5.64. The van der Waals surface area contributed by atoms with Gasteiger partial charge in [-0.1, -0.05) is 17.7 Å². The third kappa shape index (κ3) is 3.14. The number of nitriles is 1. The molecule has 18 heavy (non-hydrogen) atoms. The van der Waals surface area contributed by atoms with Crippen molar-refractivity contribution in [2.45, 2.75) is 26.3 Å². The highest BCUT2D eigenvalue weighted by Crippen LogP contribution is 2.29. The minimum atomic E-state index is -1.06. The fraction of sp³-hybridized carbons (Fsp3) is 0.385. The smallest absolute Gasteiger partial charge is 0.339 e. The summed E-state index contributed by atoms with van der Waals surface area (Å²) >= 11 is 5.93. The van der Waals surface area contributed by atoms with Gasteiger partial charge in [-0.25, -0.2) is 4.79 Å². The van der Waals surface area contributed by atoms with E-state index >= 15 is 0 Å². The van der Waals surface area contributed by atoms with E-state index in [4.69, 9.17) is 16.9 Å². The minimum absolute atomic E-state index is 0.0887. The van der Waals surface area contributed by atoms with Crippen LogP contribution >= 0.6 is 11.6 Å². The lowest BCUT2D eigenvalue weighted by molar-refractivity contribution is 0.0697. The van der Waals surface area contributed by atoms with Gasteiger partial charge in [0.1, 0.15) is 5.56 Å². The molecular formula is C13H15ClN2O2. The number of carboxylic acid groups (broad SMARTS) is 1. The number of nitrogens with zero attached hydrogens (tertiary/aromatic N) is 2. The predicted octanol–water partition coefficient (Wildman–Crippen LogP) is 3.17. The first kappa shape index (κ1) is 14.3. The Labute approximate surface area is 111 Å². The van der Waals surface area contributed by atoms with Crippen LogP contribution in [0.1, 0.15) is 30.6 Å². The van der Waals surface area contributed by atoms with Crippen LogP contribution in [0, 0.1) is 11.3 Å². The van der Waals surface area contributed by atoms with Crippen molar-refractivity contribution in [1.29, 1.82) is 5.26 Å². The van der Waals surface area contributed by atoms with E-state index in [1.54, 1.807) is 18.2 Å². The van der Waals surface area contributed by atoms with Gasteiger partial charge in [0.2, 0.25) is 0 Å². The van der Waals surface area contributed by atoms with Gasteiger partial charge >= 0.3 is 5.97 Å². The number of carbonyl (C=O) groups is 1. The van der Waals surface area contributed by atoms with Crippen LogP contribution < -0.4 is 4.90 Å². The van der Waals surface area contributed by atoms with E-state index in [0.717, 1.165) is 0 Å². The molecule has 5 heteroatoms. The molecule has 1 N–H and O–H groups in total. The second kappa shape index (κ2) is 6.27. The molecule has 96 valence electrons. The SMILES string of the molecule is CC(C)N(CCC#N)c1cccc(Cl)c1C(=O)O. The maximum atomic E-state index is 11.3. The second-order valence-electron chi connectivity index (χ2n) is 4.13. The maximum absolute atomic E-state index is 11.3. The normalized spacial score (nSPS) is 10.2. The Morgan fingerprint density at radius 1 is 1.56 bits per heavy atom. The summed E-state index contributed by atoms with van der Waals surface area (Å²) in [6, 6.07) is 7.14. The molecule has 1 rings (SSSR count). The Balaban J connectivity index is 3.24. The Kier molecular flexibility index (Phi) is 4.99. The number of aromatic carboxylic acids is 1. The highest BCUT2D eigenvalue weighted by molar-refractivity contribution is 6.34. The molecule has 0 saturated heterocycles. The van der Waals surface area contributed by atoms with E-state index in [0.29, 0.717) is 18.7 Å². The quantitative estimate of drug-likeness (QED) is 0.889. The summed E-state index contributed by atoms with van der Waals surface area (Å²) in [6.07, 6.45) is 0.337. The number of rotatable bonds is 5. The molecule has 4 nitrogen and oxygen atoms in total. The molecule has 1 aromatic rings. The van der Waals surface area contributed by atoms with Gasteiger partial charge in [-0.3, -0.25) is 0 Å². The monoisotopic (exact) mass is 266 g/mol. The van der Waals surface area contributed by atoms with E-state index in [2.05, 4.69) is 6.07 Å². The van der Waals surface area contributed by atoms with Gasteiger partial charge < -0.3 is 10.0 Å². The average molecular weight is 267 g/mol. The van der Waals surface area contributed by atoms with Crippen LogP contribution in [0.4, 0.5) is 5.69 Å². The third-order valence-electron chi connectivity index (χ3n) is 2.60. The van der Waals surface area contributed by atoms with Crippen LogP contribution in [-0.2, 0) is 0 Å². The molecule has 0 heterocycles. The van der Waals surface area contributed by atoms with Gasteiger partial charge in [-0.2, -0.15) is 5.26 Å². The average Bonchev–Trinajstić information content (AvgIpc) is 2.28. The Morgan fingerprint density at radius 2 is 2.22 bits per heavy atom. The molecule has 0 atom stereocenters. The fourth-order valence-electron chi connectivity index (χ4n) is 1.79. The molecule has 0 aliphatic carbocycles.